The first kappa shape index (κ1) is 14.7. The second-order valence-corrected chi connectivity index (χ2v) is 5.59. The third-order valence-corrected chi connectivity index (χ3v) is 3.91. The lowest BCUT2D eigenvalue weighted by molar-refractivity contribution is 0.495. The van der Waals surface area contributed by atoms with Crippen molar-refractivity contribution in [3.05, 3.63) is 54.0 Å². The Morgan fingerprint density at radius 3 is 2.45 bits per heavy atom. The van der Waals surface area contributed by atoms with Crippen LogP contribution >= 0.6 is 0 Å². The van der Waals surface area contributed by atoms with E-state index < -0.39 is 0 Å². The summed E-state index contributed by atoms with van der Waals surface area (Å²) in [7, 11) is 0. The lowest BCUT2D eigenvalue weighted by Crippen LogP contribution is -2.15. The van der Waals surface area contributed by atoms with Crippen LogP contribution in [0.5, 0.6) is 0 Å². The summed E-state index contributed by atoms with van der Waals surface area (Å²) in [5.41, 5.74) is 2.62. The number of nitrogens with one attached hydrogen (secondary N) is 1. The Balaban J connectivity index is 1.83. The van der Waals surface area contributed by atoms with Gasteiger partial charge in [0.1, 0.15) is 5.76 Å². The molecule has 1 heterocycles. The van der Waals surface area contributed by atoms with Gasteiger partial charge >= 0.3 is 0 Å². The molecule has 0 spiro atoms. The molecule has 0 fully saturated rings. The molecule has 1 aromatic carbocycles. The third kappa shape index (κ3) is 4.16. The van der Waals surface area contributed by atoms with Gasteiger partial charge in [-0.05, 0) is 55.5 Å². The summed E-state index contributed by atoms with van der Waals surface area (Å²) in [6.45, 7) is 6.72. The van der Waals surface area contributed by atoms with Crippen LogP contribution in [0.4, 0.5) is 5.69 Å². The summed E-state index contributed by atoms with van der Waals surface area (Å²) >= 11 is 0. The maximum atomic E-state index is 5.36. The average molecular weight is 271 g/mol. The minimum absolute atomic E-state index is 0.439. The van der Waals surface area contributed by atoms with Crippen LogP contribution < -0.4 is 5.32 Å². The largest absolute Gasteiger partial charge is 0.469 e. The topological polar surface area (TPSA) is 25.2 Å². The van der Waals surface area contributed by atoms with Crippen molar-refractivity contribution in [3.8, 4) is 0 Å². The second kappa shape index (κ2) is 7.18. The van der Waals surface area contributed by atoms with E-state index in [1.807, 2.05) is 12.1 Å². The number of benzene rings is 1. The van der Waals surface area contributed by atoms with Gasteiger partial charge < -0.3 is 9.73 Å². The minimum atomic E-state index is 0.439. The predicted molar refractivity (Wildman–Crippen MR) is 85.3 cm³/mol. The molecular formula is C18H25NO. The Morgan fingerprint density at radius 2 is 1.85 bits per heavy atom. The number of rotatable bonds is 7. The van der Waals surface area contributed by atoms with E-state index in [-0.39, 0.29) is 0 Å². The van der Waals surface area contributed by atoms with Gasteiger partial charge in [0.2, 0.25) is 0 Å². The molecule has 2 unspecified atom stereocenters. The van der Waals surface area contributed by atoms with Gasteiger partial charge in [0.05, 0.1) is 6.26 Å². The summed E-state index contributed by atoms with van der Waals surface area (Å²) in [6, 6.07) is 13.3. The van der Waals surface area contributed by atoms with E-state index in [1.165, 1.54) is 17.7 Å². The summed E-state index contributed by atoms with van der Waals surface area (Å²) in [4.78, 5) is 0. The summed E-state index contributed by atoms with van der Waals surface area (Å²) < 4.78 is 5.36. The summed E-state index contributed by atoms with van der Waals surface area (Å²) in [6.07, 6.45) is 4.97. The molecule has 0 radical (unpaired) electrons. The molecule has 0 amide bonds. The van der Waals surface area contributed by atoms with Crippen molar-refractivity contribution in [2.45, 2.75) is 52.0 Å². The highest BCUT2D eigenvalue weighted by molar-refractivity contribution is 5.45. The SMILES string of the molecule is CCC(C)c1ccc(NC(C)CCc2ccco2)cc1. The summed E-state index contributed by atoms with van der Waals surface area (Å²) in [5, 5.41) is 3.55. The van der Waals surface area contributed by atoms with Gasteiger partial charge in [0, 0.05) is 18.2 Å². The predicted octanol–water partition coefficient (Wildman–Crippen LogP) is 5.23. The molecule has 0 aliphatic rings. The number of aryl methyl sites for hydroxylation is 1. The van der Waals surface area contributed by atoms with E-state index in [9.17, 15) is 0 Å². The van der Waals surface area contributed by atoms with Crippen molar-refractivity contribution in [2.75, 3.05) is 5.32 Å². The molecule has 0 aliphatic heterocycles. The van der Waals surface area contributed by atoms with E-state index in [4.69, 9.17) is 4.42 Å². The Labute approximate surface area is 122 Å². The molecule has 2 aromatic rings. The monoisotopic (exact) mass is 271 g/mol. The van der Waals surface area contributed by atoms with Crippen LogP contribution in [0.15, 0.2) is 47.1 Å². The molecule has 1 N–H and O–H groups in total. The Kier molecular flexibility index (Phi) is 5.28. The summed E-state index contributed by atoms with van der Waals surface area (Å²) in [5.74, 6) is 1.70. The minimum Gasteiger partial charge on any atom is -0.469 e. The van der Waals surface area contributed by atoms with Crippen molar-refractivity contribution in [1.82, 2.24) is 0 Å². The second-order valence-electron chi connectivity index (χ2n) is 5.59. The Morgan fingerprint density at radius 1 is 1.10 bits per heavy atom. The van der Waals surface area contributed by atoms with Crippen LogP contribution in [0.25, 0.3) is 0 Å². The maximum Gasteiger partial charge on any atom is 0.103 e. The first-order valence-corrected chi connectivity index (χ1v) is 7.58. The fourth-order valence-corrected chi connectivity index (χ4v) is 2.31. The highest BCUT2D eigenvalue weighted by Gasteiger charge is 2.06. The fourth-order valence-electron chi connectivity index (χ4n) is 2.31. The molecule has 1 aromatic heterocycles. The molecule has 2 rings (SSSR count). The zero-order chi connectivity index (χ0) is 14.4. The maximum absolute atomic E-state index is 5.36. The Bertz CT molecular complexity index is 487. The molecule has 108 valence electrons. The number of furan rings is 1. The number of anilines is 1. The van der Waals surface area contributed by atoms with Crippen molar-refractivity contribution >= 4 is 5.69 Å². The third-order valence-electron chi connectivity index (χ3n) is 3.91. The van der Waals surface area contributed by atoms with E-state index in [1.54, 1.807) is 6.26 Å². The van der Waals surface area contributed by atoms with Crippen LogP contribution in [-0.4, -0.2) is 6.04 Å². The van der Waals surface area contributed by atoms with Crippen LogP contribution in [0.1, 0.15) is 50.9 Å². The van der Waals surface area contributed by atoms with Crippen LogP contribution in [-0.2, 0) is 6.42 Å². The molecule has 0 aliphatic carbocycles. The van der Waals surface area contributed by atoms with E-state index in [0.717, 1.165) is 18.6 Å². The zero-order valence-electron chi connectivity index (χ0n) is 12.7. The van der Waals surface area contributed by atoms with Gasteiger partial charge in [-0.2, -0.15) is 0 Å². The van der Waals surface area contributed by atoms with Gasteiger partial charge in [-0.3, -0.25) is 0 Å². The molecule has 0 saturated carbocycles. The molecule has 2 nitrogen and oxygen atoms in total. The molecule has 2 heteroatoms. The first-order chi connectivity index (χ1) is 9.69. The number of hydrogen-bond donors (Lipinski definition) is 1. The average Bonchev–Trinajstić information content (AvgIpc) is 2.98. The van der Waals surface area contributed by atoms with Gasteiger partial charge in [-0.15, -0.1) is 0 Å². The van der Waals surface area contributed by atoms with Gasteiger partial charge in [0.25, 0.3) is 0 Å². The van der Waals surface area contributed by atoms with Crippen molar-refractivity contribution in [3.63, 3.8) is 0 Å². The quantitative estimate of drug-likeness (QED) is 0.746. The van der Waals surface area contributed by atoms with Crippen LogP contribution in [0, 0.1) is 0 Å². The van der Waals surface area contributed by atoms with Gasteiger partial charge in [-0.1, -0.05) is 26.0 Å². The van der Waals surface area contributed by atoms with Crippen LogP contribution in [0.3, 0.4) is 0 Å². The fraction of sp³-hybridized carbons (Fsp3) is 0.444. The highest BCUT2D eigenvalue weighted by Crippen LogP contribution is 2.21. The standard InChI is InChI=1S/C18H25NO/c1-4-14(2)16-8-10-17(11-9-16)19-15(3)7-12-18-6-5-13-20-18/h5-6,8-11,13-15,19H,4,7,12H2,1-3H3. The normalized spacial score (nSPS) is 13.9. The van der Waals surface area contributed by atoms with Gasteiger partial charge in [0.15, 0.2) is 0 Å². The molecule has 0 bridgehead atoms. The van der Waals surface area contributed by atoms with Crippen molar-refractivity contribution in [1.29, 1.82) is 0 Å². The molecule has 20 heavy (non-hydrogen) atoms. The van der Waals surface area contributed by atoms with Crippen molar-refractivity contribution in [2.24, 2.45) is 0 Å². The lowest BCUT2D eigenvalue weighted by Gasteiger charge is -2.16. The smallest absolute Gasteiger partial charge is 0.103 e. The molecule has 0 saturated heterocycles. The van der Waals surface area contributed by atoms with Crippen molar-refractivity contribution < 1.29 is 4.42 Å². The molecular weight excluding hydrogens is 246 g/mol. The zero-order valence-corrected chi connectivity index (χ0v) is 12.7. The van der Waals surface area contributed by atoms with E-state index in [2.05, 4.69) is 50.4 Å². The first-order valence-electron chi connectivity index (χ1n) is 7.58. The lowest BCUT2D eigenvalue weighted by atomic mass is 9.98. The van der Waals surface area contributed by atoms with E-state index in [0.29, 0.717) is 12.0 Å². The molecule has 2 atom stereocenters. The Hall–Kier alpha value is -1.70. The van der Waals surface area contributed by atoms with E-state index >= 15 is 0 Å². The highest BCUT2D eigenvalue weighted by atomic mass is 16.3. The van der Waals surface area contributed by atoms with Crippen LogP contribution in [0.2, 0.25) is 0 Å². The van der Waals surface area contributed by atoms with Gasteiger partial charge in [-0.25, -0.2) is 0 Å². The number of hydrogen-bond acceptors (Lipinski definition) is 2.